The molecule has 0 aliphatic carbocycles. The third kappa shape index (κ3) is 3.14. The van der Waals surface area contributed by atoms with E-state index in [0.29, 0.717) is 22.8 Å². The second-order valence-electron chi connectivity index (χ2n) is 6.35. The van der Waals surface area contributed by atoms with Crippen LogP contribution in [0, 0.1) is 19.7 Å². The van der Waals surface area contributed by atoms with E-state index in [-0.39, 0.29) is 18.2 Å². The number of hydrogen-bond donors (Lipinski definition) is 2. The van der Waals surface area contributed by atoms with E-state index in [9.17, 15) is 13.6 Å². The molecular formula is C18H19F2N3O3. The fraction of sp³-hybridized carbons (Fsp3) is 0.333. The predicted molar refractivity (Wildman–Crippen MR) is 92.4 cm³/mol. The highest BCUT2D eigenvalue weighted by atomic mass is 19.1. The van der Waals surface area contributed by atoms with E-state index in [4.69, 9.17) is 14.9 Å². The van der Waals surface area contributed by atoms with Gasteiger partial charge < -0.3 is 20.2 Å². The number of rotatable bonds is 3. The first-order valence-corrected chi connectivity index (χ1v) is 8.01. The Labute approximate surface area is 149 Å². The number of nitrogens with one attached hydrogen (secondary N) is 1. The lowest BCUT2D eigenvalue weighted by atomic mass is 9.86. The van der Waals surface area contributed by atoms with E-state index in [1.54, 1.807) is 19.9 Å². The molecule has 1 aliphatic heterocycles. The number of furan rings is 1. The normalized spacial score (nSPS) is 22.5. The van der Waals surface area contributed by atoms with Gasteiger partial charge in [-0.3, -0.25) is 4.79 Å². The zero-order valence-electron chi connectivity index (χ0n) is 14.6. The van der Waals surface area contributed by atoms with Crippen LogP contribution in [0.1, 0.15) is 34.4 Å². The van der Waals surface area contributed by atoms with Gasteiger partial charge in [0.1, 0.15) is 29.5 Å². The molecule has 3 N–H and O–H groups in total. The van der Waals surface area contributed by atoms with Crippen molar-refractivity contribution in [1.29, 1.82) is 0 Å². The quantitative estimate of drug-likeness (QED) is 0.876. The summed E-state index contributed by atoms with van der Waals surface area (Å²) in [5.41, 5.74) is 4.64. The number of nitrogens with zero attached hydrogens (tertiary/aromatic N) is 1. The van der Waals surface area contributed by atoms with Crippen molar-refractivity contribution in [3.63, 3.8) is 0 Å². The topological polar surface area (TPSA) is 89.9 Å². The third-order valence-electron chi connectivity index (χ3n) is 4.39. The number of aryl methyl sites for hydroxylation is 2. The van der Waals surface area contributed by atoms with Gasteiger partial charge in [0.05, 0.1) is 5.56 Å². The summed E-state index contributed by atoms with van der Waals surface area (Å²) in [5, 5.41) is 2.66. The second kappa shape index (κ2) is 6.44. The van der Waals surface area contributed by atoms with Crippen molar-refractivity contribution >= 4 is 17.6 Å². The Morgan fingerprint density at radius 1 is 1.38 bits per heavy atom. The molecule has 0 saturated carbocycles. The number of aliphatic imine (C=N–C) groups is 1. The van der Waals surface area contributed by atoms with E-state index in [1.165, 1.54) is 19.1 Å². The summed E-state index contributed by atoms with van der Waals surface area (Å²) in [7, 11) is 0. The fourth-order valence-corrected chi connectivity index (χ4v) is 2.93. The van der Waals surface area contributed by atoms with Crippen LogP contribution in [-0.4, -0.2) is 24.7 Å². The Kier molecular flexibility index (Phi) is 4.43. The number of nitrogens with two attached hydrogens (primary N) is 1. The Bertz CT molecular complexity index is 894. The number of amides is 1. The van der Waals surface area contributed by atoms with Gasteiger partial charge >= 0.3 is 0 Å². The molecule has 0 fully saturated rings. The Morgan fingerprint density at radius 2 is 2.12 bits per heavy atom. The molecule has 1 amide bonds. The Hall–Kier alpha value is -2.90. The minimum Gasteiger partial charge on any atom is -0.466 e. The Morgan fingerprint density at radius 3 is 2.77 bits per heavy atom. The zero-order valence-corrected chi connectivity index (χ0v) is 14.6. The third-order valence-corrected chi connectivity index (χ3v) is 4.39. The smallest absolute Gasteiger partial charge is 0.283 e. The number of carbonyl (C=O) groups is 1. The number of anilines is 1. The summed E-state index contributed by atoms with van der Waals surface area (Å²) >= 11 is 0. The predicted octanol–water partition coefficient (Wildman–Crippen LogP) is 3.19. The van der Waals surface area contributed by atoms with Gasteiger partial charge in [-0.25, -0.2) is 13.8 Å². The van der Waals surface area contributed by atoms with Gasteiger partial charge in [-0.2, -0.15) is 0 Å². The molecule has 1 aromatic heterocycles. The molecule has 2 atom stereocenters. The molecule has 3 rings (SSSR count). The highest BCUT2D eigenvalue weighted by Crippen LogP contribution is 2.37. The number of halogens is 2. The van der Waals surface area contributed by atoms with Gasteiger partial charge in [-0.15, -0.1) is 0 Å². The SMILES string of the molecule is Cc1cc(C(=O)Nc2ccc(F)c([C@@]3(C)N=C(N)OC[C@@H]3F)c2)c(C)o1. The van der Waals surface area contributed by atoms with Crippen LogP contribution in [0.15, 0.2) is 33.7 Å². The van der Waals surface area contributed by atoms with Gasteiger partial charge in [0.25, 0.3) is 11.9 Å². The number of alkyl halides is 1. The second-order valence-corrected chi connectivity index (χ2v) is 6.35. The molecule has 8 heteroatoms. The summed E-state index contributed by atoms with van der Waals surface area (Å²) in [6.07, 6.45) is -1.59. The maximum absolute atomic E-state index is 14.4. The molecule has 6 nitrogen and oxygen atoms in total. The first kappa shape index (κ1) is 17.9. The van der Waals surface area contributed by atoms with Crippen LogP contribution in [0.2, 0.25) is 0 Å². The Balaban J connectivity index is 1.94. The van der Waals surface area contributed by atoms with E-state index < -0.39 is 23.4 Å². The largest absolute Gasteiger partial charge is 0.466 e. The van der Waals surface area contributed by atoms with Crippen LogP contribution >= 0.6 is 0 Å². The van der Waals surface area contributed by atoms with E-state index >= 15 is 0 Å². The van der Waals surface area contributed by atoms with Crippen LogP contribution in [0.5, 0.6) is 0 Å². The first-order valence-electron chi connectivity index (χ1n) is 8.01. The minimum atomic E-state index is -1.59. The average molecular weight is 363 g/mol. The summed E-state index contributed by atoms with van der Waals surface area (Å²) in [6, 6.07) is 5.29. The van der Waals surface area contributed by atoms with E-state index in [0.717, 1.165) is 6.07 Å². The number of hydrogen-bond acceptors (Lipinski definition) is 5. The van der Waals surface area contributed by atoms with Crippen molar-refractivity contribution < 1.29 is 22.7 Å². The molecule has 0 spiro atoms. The van der Waals surface area contributed by atoms with Gasteiger partial charge in [0, 0.05) is 11.3 Å². The molecule has 0 unspecified atom stereocenters. The zero-order chi connectivity index (χ0) is 19.1. The van der Waals surface area contributed by atoms with Gasteiger partial charge in [0.15, 0.2) is 6.17 Å². The highest BCUT2D eigenvalue weighted by molar-refractivity contribution is 6.05. The van der Waals surface area contributed by atoms with Crippen LogP contribution < -0.4 is 11.1 Å². The molecule has 1 aliphatic rings. The van der Waals surface area contributed by atoms with Gasteiger partial charge in [-0.05, 0) is 45.0 Å². The summed E-state index contributed by atoms with van der Waals surface area (Å²) < 4.78 is 39.0. The molecule has 0 saturated heterocycles. The molecule has 2 heterocycles. The number of benzene rings is 1. The molecule has 2 aromatic rings. The van der Waals surface area contributed by atoms with Crippen LogP contribution in [0.4, 0.5) is 14.5 Å². The van der Waals surface area contributed by atoms with E-state index in [2.05, 4.69) is 10.3 Å². The number of ether oxygens (including phenoxy) is 1. The summed E-state index contributed by atoms with van der Waals surface area (Å²) in [4.78, 5) is 16.4. The first-order chi connectivity index (χ1) is 12.2. The molecule has 0 radical (unpaired) electrons. The fourth-order valence-electron chi connectivity index (χ4n) is 2.93. The van der Waals surface area contributed by atoms with Crippen molar-refractivity contribution in [1.82, 2.24) is 0 Å². The van der Waals surface area contributed by atoms with Crippen molar-refractivity contribution in [3.8, 4) is 0 Å². The van der Waals surface area contributed by atoms with Crippen molar-refractivity contribution in [2.24, 2.45) is 10.7 Å². The summed E-state index contributed by atoms with van der Waals surface area (Å²) in [5.74, 6) is 0.0166. The molecule has 26 heavy (non-hydrogen) atoms. The van der Waals surface area contributed by atoms with Crippen molar-refractivity contribution in [2.45, 2.75) is 32.5 Å². The van der Waals surface area contributed by atoms with Gasteiger partial charge in [-0.1, -0.05) is 0 Å². The molecule has 138 valence electrons. The molecular weight excluding hydrogens is 344 g/mol. The number of carbonyl (C=O) groups excluding carboxylic acids is 1. The standard InChI is InChI=1S/C18H19F2N3O3/c1-9-6-12(10(2)26-9)16(24)22-11-4-5-14(19)13(7-11)18(3)15(20)8-25-17(21)23-18/h4-7,15H,8H2,1-3H3,(H2,21,23)(H,22,24)/t15-,18+/m0/s1. The lowest BCUT2D eigenvalue weighted by Gasteiger charge is -2.33. The van der Waals surface area contributed by atoms with Crippen molar-refractivity contribution in [2.75, 3.05) is 11.9 Å². The summed E-state index contributed by atoms with van der Waals surface area (Å²) in [6.45, 7) is 4.51. The van der Waals surface area contributed by atoms with Crippen molar-refractivity contribution in [3.05, 3.63) is 52.7 Å². The maximum Gasteiger partial charge on any atom is 0.283 e. The monoisotopic (exact) mass is 363 g/mol. The molecule has 0 bridgehead atoms. The maximum atomic E-state index is 14.4. The van der Waals surface area contributed by atoms with Crippen LogP contribution in [-0.2, 0) is 10.3 Å². The minimum absolute atomic E-state index is 0.0193. The van der Waals surface area contributed by atoms with E-state index in [1.807, 2.05) is 0 Å². The average Bonchev–Trinajstić information content (AvgIpc) is 2.91. The highest BCUT2D eigenvalue weighted by Gasteiger charge is 2.42. The van der Waals surface area contributed by atoms with Crippen LogP contribution in [0.3, 0.4) is 0 Å². The van der Waals surface area contributed by atoms with Crippen LogP contribution in [0.25, 0.3) is 0 Å². The molecule has 1 aromatic carbocycles. The lowest BCUT2D eigenvalue weighted by molar-refractivity contribution is 0.0923. The van der Waals surface area contributed by atoms with Gasteiger partial charge in [0.2, 0.25) is 0 Å². The number of amidine groups is 1. The lowest BCUT2D eigenvalue weighted by Crippen LogP contribution is -2.43.